The molecule has 6 heteroatoms. The molecule has 2 heterocycles. The second kappa shape index (κ2) is 10.0. The average Bonchev–Trinajstić information content (AvgIpc) is 2.82. The Balaban J connectivity index is 1.36. The normalized spacial score (nSPS) is 14.4. The van der Waals surface area contributed by atoms with Gasteiger partial charge in [0.1, 0.15) is 17.9 Å². The number of aromatic nitrogens is 2. The first kappa shape index (κ1) is 22.8. The van der Waals surface area contributed by atoms with Crippen molar-refractivity contribution < 1.29 is 9.53 Å². The number of carbonyl (C=O) groups excluding carboxylic acids is 1. The number of aryl methyl sites for hydroxylation is 1. The molecule has 0 bridgehead atoms. The van der Waals surface area contributed by atoms with E-state index in [0.29, 0.717) is 11.8 Å². The highest BCUT2D eigenvalue weighted by Gasteiger charge is 2.26. The molecule has 1 fully saturated rings. The summed E-state index contributed by atoms with van der Waals surface area (Å²) in [6, 6.07) is 16.0. The Morgan fingerprint density at radius 1 is 1.06 bits per heavy atom. The molecule has 1 aliphatic rings. The third-order valence-electron chi connectivity index (χ3n) is 6.41. The molecule has 0 aliphatic carbocycles. The van der Waals surface area contributed by atoms with Crippen LogP contribution in [0, 0.1) is 19.8 Å². The molecule has 3 aromatic rings. The van der Waals surface area contributed by atoms with E-state index in [0.717, 1.165) is 48.7 Å². The minimum Gasteiger partial charge on any atom is -0.439 e. The molecule has 0 radical (unpaired) electrons. The Kier molecular flexibility index (Phi) is 6.92. The van der Waals surface area contributed by atoms with Crippen molar-refractivity contribution in [2.75, 3.05) is 23.3 Å². The first-order valence-corrected chi connectivity index (χ1v) is 11.6. The smallest absolute Gasteiger partial charge is 0.227 e. The van der Waals surface area contributed by atoms with Gasteiger partial charge in [-0.3, -0.25) is 4.79 Å². The molecule has 1 N–H and O–H groups in total. The molecule has 1 saturated heterocycles. The number of anilines is 2. The molecule has 0 spiro atoms. The molecule has 0 atom stereocenters. The maximum atomic E-state index is 12.8. The van der Waals surface area contributed by atoms with Gasteiger partial charge in [0.05, 0.1) is 0 Å². The highest BCUT2D eigenvalue weighted by atomic mass is 16.5. The maximum absolute atomic E-state index is 12.8. The topological polar surface area (TPSA) is 67.3 Å². The van der Waals surface area contributed by atoms with Gasteiger partial charge < -0.3 is 15.0 Å². The van der Waals surface area contributed by atoms with E-state index in [1.807, 2.05) is 37.3 Å². The quantitative estimate of drug-likeness (QED) is 0.515. The van der Waals surface area contributed by atoms with E-state index >= 15 is 0 Å². The third kappa shape index (κ3) is 5.51. The standard InChI is InChI=1S/C27H32N4O2/c1-18(2)22-8-6-9-23(15-22)30-27(32)21-11-13-31(14-12-21)25-16-26(29-17-28-25)33-24-10-5-7-19(3)20(24)4/h5-10,15-18,21H,11-14H2,1-4H3,(H,30,32). The van der Waals surface area contributed by atoms with Gasteiger partial charge in [-0.05, 0) is 67.5 Å². The van der Waals surface area contributed by atoms with Crippen LogP contribution in [0.4, 0.5) is 11.5 Å². The van der Waals surface area contributed by atoms with E-state index in [9.17, 15) is 4.79 Å². The van der Waals surface area contributed by atoms with Crippen molar-refractivity contribution in [3.63, 3.8) is 0 Å². The summed E-state index contributed by atoms with van der Waals surface area (Å²) >= 11 is 0. The lowest BCUT2D eigenvalue weighted by molar-refractivity contribution is -0.120. The van der Waals surface area contributed by atoms with Crippen molar-refractivity contribution in [1.29, 1.82) is 0 Å². The largest absolute Gasteiger partial charge is 0.439 e. The molecule has 0 unspecified atom stereocenters. The lowest BCUT2D eigenvalue weighted by atomic mass is 9.95. The highest BCUT2D eigenvalue weighted by Crippen LogP contribution is 2.29. The minimum atomic E-state index is -0.00328. The van der Waals surface area contributed by atoms with Crippen LogP contribution >= 0.6 is 0 Å². The number of rotatable bonds is 6. The molecular formula is C27H32N4O2. The van der Waals surface area contributed by atoms with Gasteiger partial charge in [0.15, 0.2) is 0 Å². The lowest BCUT2D eigenvalue weighted by Gasteiger charge is -2.32. The van der Waals surface area contributed by atoms with Crippen molar-refractivity contribution in [2.24, 2.45) is 5.92 Å². The number of hydrogen-bond acceptors (Lipinski definition) is 5. The van der Waals surface area contributed by atoms with Gasteiger partial charge in [-0.2, -0.15) is 0 Å². The van der Waals surface area contributed by atoms with Crippen molar-refractivity contribution >= 4 is 17.4 Å². The SMILES string of the molecule is Cc1cccc(Oc2cc(N3CCC(C(=O)Nc4cccc(C(C)C)c4)CC3)ncn2)c1C. The van der Waals surface area contributed by atoms with Gasteiger partial charge in [0.25, 0.3) is 0 Å². The van der Waals surface area contributed by atoms with Gasteiger partial charge in [-0.25, -0.2) is 9.97 Å². The second-order valence-corrected chi connectivity index (χ2v) is 9.05. The summed E-state index contributed by atoms with van der Waals surface area (Å²) in [7, 11) is 0. The maximum Gasteiger partial charge on any atom is 0.227 e. The van der Waals surface area contributed by atoms with E-state index in [1.54, 1.807) is 0 Å². The van der Waals surface area contributed by atoms with Gasteiger partial charge in [0.2, 0.25) is 11.8 Å². The Morgan fingerprint density at radius 2 is 1.82 bits per heavy atom. The van der Waals surface area contributed by atoms with Crippen LogP contribution in [0.15, 0.2) is 54.9 Å². The fourth-order valence-corrected chi connectivity index (χ4v) is 4.10. The fourth-order valence-electron chi connectivity index (χ4n) is 4.10. The summed E-state index contributed by atoms with van der Waals surface area (Å²) in [6.45, 7) is 9.95. The van der Waals surface area contributed by atoms with Crippen LogP contribution in [0.1, 0.15) is 49.3 Å². The van der Waals surface area contributed by atoms with Crippen LogP contribution in [0.3, 0.4) is 0 Å². The number of carbonyl (C=O) groups is 1. The van der Waals surface area contributed by atoms with Gasteiger partial charge in [0, 0.05) is 30.8 Å². The minimum absolute atomic E-state index is 0.00328. The van der Waals surface area contributed by atoms with Crippen molar-refractivity contribution in [3.8, 4) is 11.6 Å². The van der Waals surface area contributed by atoms with E-state index in [-0.39, 0.29) is 11.8 Å². The van der Waals surface area contributed by atoms with E-state index in [2.05, 4.69) is 59.2 Å². The predicted molar refractivity (Wildman–Crippen MR) is 132 cm³/mol. The van der Waals surface area contributed by atoms with Gasteiger partial charge in [-0.1, -0.05) is 38.1 Å². The molecule has 0 saturated carbocycles. The molecule has 1 amide bonds. The summed E-state index contributed by atoms with van der Waals surface area (Å²) in [6.07, 6.45) is 3.11. The number of benzene rings is 2. The zero-order chi connectivity index (χ0) is 23.4. The molecule has 2 aromatic carbocycles. The Bertz CT molecular complexity index is 1120. The van der Waals surface area contributed by atoms with Crippen molar-refractivity contribution in [2.45, 2.75) is 46.5 Å². The van der Waals surface area contributed by atoms with Gasteiger partial charge >= 0.3 is 0 Å². The van der Waals surface area contributed by atoms with Crippen LogP contribution in [0.2, 0.25) is 0 Å². The van der Waals surface area contributed by atoms with Crippen LogP contribution < -0.4 is 15.0 Å². The summed E-state index contributed by atoms with van der Waals surface area (Å²) in [5, 5.41) is 3.10. The summed E-state index contributed by atoms with van der Waals surface area (Å²) < 4.78 is 6.03. The molecule has 4 rings (SSSR count). The van der Waals surface area contributed by atoms with E-state index < -0.39 is 0 Å². The van der Waals surface area contributed by atoms with Crippen LogP contribution in [-0.2, 0) is 4.79 Å². The summed E-state index contributed by atoms with van der Waals surface area (Å²) in [5.74, 6) is 2.68. The van der Waals surface area contributed by atoms with Crippen LogP contribution in [0.5, 0.6) is 11.6 Å². The summed E-state index contributed by atoms with van der Waals surface area (Å²) in [5.41, 5.74) is 4.38. The zero-order valence-corrected chi connectivity index (χ0v) is 19.8. The second-order valence-electron chi connectivity index (χ2n) is 9.05. The first-order valence-electron chi connectivity index (χ1n) is 11.6. The number of amides is 1. The van der Waals surface area contributed by atoms with Crippen molar-refractivity contribution in [3.05, 3.63) is 71.5 Å². The van der Waals surface area contributed by atoms with E-state index in [4.69, 9.17) is 4.74 Å². The number of ether oxygens (including phenoxy) is 1. The Hall–Kier alpha value is -3.41. The molecule has 172 valence electrons. The number of nitrogens with one attached hydrogen (secondary N) is 1. The lowest BCUT2D eigenvalue weighted by Crippen LogP contribution is -2.38. The number of hydrogen-bond donors (Lipinski definition) is 1. The van der Waals surface area contributed by atoms with Crippen molar-refractivity contribution in [1.82, 2.24) is 9.97 Å². The highest BCUT2D eigenvalue weighted by molar-refractivity contribution is 5.92. The number of nitrogens with zero attached hydrogens (tertiary/aromatic N) is 3. The first-order chi connectivity index (χ1) is 15.9. The zero-order valence-electron chi connectivity index (χ0n) is 19.8. The van der Waals surface area contributed by atoms with E-state index in [1.165, 1.54) is 17.5 Å². The third-order valence-corrected chi connectivity index (χ3v) is 6.41. The average molecular weight is 445 g/mol. The monoisotopic (exact) mass is 444 g/mol. The predicted octanol–water partition coefficient (Wildman–Crippen LogP) is 5.86. The molecular weight excluding hydrogens is 412 g/mol. The fraction of sp³-hybridized carbons (Fsp3) is 0.370. The molecule has 1 aromatic heterocycles. The van der Waals surface area contributed by atoms with Crippen LogP contribution in [0.25, 0.3) is 0 Å². The summed E-state index contributed by atoms with van der Waals surface area (Å²) in [4.78, 5) is 23.8. The molecule has 6 nitrogen and oxygen atoms in total. The van der Waals surface area contributed by atoms with Crippen LogP contribution in [-0.4, -0.2) is 29.0 Å². The Morgan fingerprint density at radius 3 is 2.58 bits per heavy atom. The molecule has 33 heavy (non-hydrogen) atoms. The Labute approximate surface area is 196 Å². The number of piperidine rings is 1. The van der Waals surface area contributed by atoms with Gasteiger partial charge in [-0.15, -0.1) is 0 Å². The molecule has 1 aliphatic heterocycles.